The highest BCUT2D eigenvalue weighted by molar-refractivity contribution is 5.89. The van der Waals surface area contributed by atoms with Gasteiger partial charge in [-0.3, -0.25) is 4.79 Å². The molecule has 0 spiro atoms. The van der Waals surface area contributed by atoms with Crippen LogP contribution >= 0.6 is 0 Å². The highest BCUT2D eigenvalue weighted by Gasteiger charge is 2.47. The van der Waals surface area contributed by atoms with Crippen LogP contribution in [0.25, 0.3) is 10.9 Å². The summed E-state index contributed by atoms with van der Waals surface area (Å²) in [6.07, 6.45) is 0.196. The van der Waals surface area contributed by atoms with Crippen LogP contribution < -0.4 is 0 Å². The lowest BCUT2D eigenvalue weighted by atomic mass is 10.1. The van der Waals surface area contributed by atoms with Gasteiger partial charge in [-0.15, -0.1) is 0 Å². The molecule has 1 fully saturated rings. The molecule has 0 amide bonds. The first-order valence-electron chi connectivity index (χ1n) is 9.28. The molecule has 1 saturated heterocycles. The van der Waals surface area contributed by atoms with Gasteiger partial charge in [0.2, 0.25) is 0 Å². The number of carbonyl (C=O) groups excluding carboxylic acids is 2. The van der Waals surface area contributed by atoms with Crippen LogP contribution in [-0.2, 0) is 30.3 Å². The third kappa shape index (κ3) is 4.24. The van der Waals surface area contributed by atoms with Crippen molar-refractivity contribution in [1.29, 1.82) is 5.26 Å². The molecule has 1 aromatic heterocycles. The number of esters is 2. The SMILES string of the molecule is CC(C)CC(=O)OC(=O)[C@@H]1OC(C)(C)O[C@H]1Cn1cc(C#N)c2ccccc21. The minimum atomic E-state index is -1.03. The number of rotatable bonds is 5. The van der Waals surface area contributed by atoms with E-state index in [4.69, 9.17) is 14.2 Å². The fourth-order valence-electron chi connectivity index (χ4n) is 3.39. The second-order valence-corrected chi connectivity index (χ2v) is 7.81. The van der Waals surface area contributed by atoms with Gasteiger partial charge >= 0.3 is 11.9 Å². The van der Waals surface area contributed by atoms with E-state index in [9.17, 15) is 14.9 Å². The fraction of sp³-hybridized carbons (Fsp3) is 0.476. The van der Waals surface area contributed by atoms with Crippen LogP contribution in [-0.4, -0.2) is 34.5 Å². The topological polar surface area (TPSA) is 90.6 Å². The van der Waals surface area contributed by atoms with Gasteiger partial charge in [0.25, 0.3) is 0 Å². The molecule has 1 aliphatic rings. The molecule has 0 N–H and O–H groups in total. The average Bonchev–Trinajstić information content (AvgIpc) is 3.11. The second-order valence-electron chi connectivity index (χ2n) is 7.81. The second kappa shape index (κ2) is 7.74. The molecular formula is C21H24N2O5. The lowest BCUT2D eigenvalue weighted by Crippen LogP contribution is -2.37. The Morgan fingerprint density at radius 1 is 1.29 bits per heavy atom. The van der Waals surface area contributed by atoms with Crippen molar-refractivity contribution in [2.45, 2.75) is 58.7 Å². The number of nitriles is 1. The monoisotopic (exact) mass is 384 g/mol. The van der Waals surface area contributed by atoms with Crippen molar-refractivity contribution in [3.8, 4) is 6.07 Å². The van der Waals surface area contributed by atoms with Gasteiger partial charge < -0.3 is 18.8 Å². The lowest BCUT2D eigenvalue weighted by Gasteiger charge is -2.17. The standard InChI is InChI=1S/C21H24N2O5/c1-13(2)9-18(24)26-20(25)19-17(27-21(3,4)28-19)12-23-11-14(10-22)15-7-5-6-8-16(15)23/h5-8,11,13,17,19H,9,12H2,1-4H3/t17-,19+/m0/s1. The summed E-state index contributed by atoms with van der Waals surface area (Å²) >= 11 is 0. The van der Waals surface area contributed by atoms with E-state index in [1.54, 1.807) is 20.0 Å². The van der Waals surface area contributed by atoms with E-state index in [-0.39, 0.29) is 18.9 Å². The van der Waals surface area contributed by atoms with Crippen molar-refractivity contribution in [2.24, 2.45) is 5.92 Å². The predicted molar refractivity (Wildman–Crippen MR) is 101 cm³/mol. The van der Waals surface area contributed by atoms with Crippen LogP contribution in [0.3, 0.4) is 0 Å². The van der Waals surface area contributed by atoms with E-state index in [0.717, 1.165) is 10.9 Å². The molecule has 0 aliphatic carbocycles. The van der Waals surface area contributed by atoms with Gasteiger partial charge in [-0.1, -0.05) is 32.0 Å². The minimum Gasteiger partial charge on any atom is -0.391 e. The highest BCUT2D eigenvalue weighted by Crippen LogP contribution is 2.31. The van der Waals surface area contributed by atoms with Crippen LogP contribution in [0.15, 0.2) is 30.5 Å². The number of ether oxygens (including phenoxy) is 3. The summed E-state index contributed by atoms with van der Waals surface area (Å²) in [6, 6.07) is 9.70. The van der Waals surface area contributed by atoms with Gasteiger partial charge in [0.1, 0.15) is 12.2 Å². The number of nitrogens with zero attached hydrogens (tertiary/aromatic N) is 2. The van der Waals surface area contributed by atoms with Crippen molar-refractivity contribution in [3.05, 3.63) is 36.0 Å². The Balaban J connectivity index is 1.83. The molecule has 1 aromatic carbocycles. The highest BCUT2D eigenvalue weighted by atomic mass is 16.8. The summed E-state index contributed by atoms with van der Waals surface area (Å²) in [5.41, 5.74) is 1.40. The summed E-state index contributed by atoms with van der Waals surface area (Å²) in [5.74, 6) is -2.23. The third-order valence-electron chi connectivity index (χ3n) is 4.49. The first kappa shape index (κ1) is 20.1. The Hall–Kier alpha value is -2.69. The average molecular weight is 384 g/mol. The zero-order chi connectivity index (χ0) is 20.5. The van der Waals surface area contributed by atoms with E-state index in [2.05, 4.69) is 6.07 Å². The maximum atomic E-state index is 12.5. The largest absolute Gasteiger partial charge is 0.391 e. The minimum absolute atomic E-state index is 0.0870. The number of aromatic nitrogens is 1. The van der Waals surface area contributed by atoms with Crippen molar-refractivity contribution in [2.75, 3.05) is 0 Å². The van der Waals surface area contributed by atoms with Crippen LogP contribution in [0.4, 0.5) is 0 Å². The third-order valence-corrected chi connectivity index (χ3v) is 4.49. The van der Waals surface area contributed by atoms with E-state index < -0.39 is 29.9 Å². The number of hydrogen-bond acceptors (Lipinski definition) is 6. The summed E-state index contributed by atoms with van der Waals surface area (Å²) in [5, 5.41) is 10.2. The van der Waals surface area contributed by atoms with Crippen molar-refractivity contribution < 1.29 is 23.8 Å². The first-order chi connectivity index (χ1) is 13.2. The van der Waals surface area contributed by atoms with E-state index >= 15 is 0 Å². The Morgan fingerprint density at radius 3 is 2.68 bits per heavy atom. The Bertz CT molecular complexity index is 938. The molecule has 2 atom stereocenters. The fourth-order valence-corrected chi connectivity index (χ4v) is 3.39. The molecule has 1 aliphatic heterocycles. The summed E-state index contributed by atoms with van der Waals surface area (Å²) in [4.78, 5) is 24.4. The van der Waals surface area contributed by atoms with E-state index in [1.165, 1.54) is 0 Å². The van der Waals surface area contributed by atoms with Gasteiger partial charge in [0, 0.05) is 23.5 Å². The molecule has 0 unspecified atom stereocenters. The van der Waals surface area contributed by atoms with Gasteiger partial charge in [-0.05, 0) is 25.8 Å². The van der Waals surface area contributed by atoms with E-state index in [0.29, 0.717) is 5.56 Å². The van der Waals surface area contributed by atoms with Gasteiger partial charge in [0.05, 0.1) is 12.1 Å². The Morgan fingerprint density at radius 2 is 2.00 bits per heavy atom. The van der Waals surface area contributed by atoms with Gasteiger partial charge in [0.15, 0.2) is 11.9 Å². The van der Waals surface area contributed by atoms with Crippen molar-refractivity contribution in [1.82, 2.24) is 4.57 Å². The molecule has 28 heavy (non-hydrogen) atoms. The molecular weight excluding hydrogens is 360 g/mol. The summed E-state index contributed by atoms with van der Waals surface area (Å²) < 4.78 is 18.5. The quantitative estimate of drug-likeness (QED) is 0.581. The maximum absolute atomic E-state index is 12.5. The zero-order valence-corrected chi connectivity index (χ0v) is 16.5. The number of benzene rings is 1. The Labute approximate surface area is 163 Å². The molecule has 0 bridgehead atoms. The molecule has 0 saturated carbocycles. The molecule has 0 radical (unpaired) electrons. The number of para-hydroxylation sites is 1. The molecule has 7 heteroatoms. The summed E-state index contributed by atoms with van der Waals surface area (Å²) in [7, 11) is 0. The van der Waals surface area contributed by atoms with Gasteiger partial charge in [-0.2, -0.15) is 5.26 Å². The van der Waals surface area contributed by atoms with Crippen LogP contribution in [0.2, 0.25) is 0 Å². The number of fused-ring (bicyclic) bond motifs is 1. The predicted octanol–water partition coefficient (Wildman–Crippen LogP) is 3.15. The van der Waals surface area contributed by atoms with Gasteiger partial charge in [-0.25, -0.2) is 4.79 Å². The van der Waals surface area contributed by atoms with Crippen molar-refractivity contribution >= 4 is 22.8 Å². The van der Waals surface area contributed by atoms with Crippen LogP contribution in [0, 0.1) is 17.2 Å². The van der Waals surface area contributed by atoms with Crippen molar-refractivity contribution in [3.63, 3.8) is 0 Å². The summed E-state index contributed by atoms with van der Waals surface area (Å²) in [6.45, 7) is 7.44. The molecule has 2 heterocycles. The van der Waals surface area contributed by atoms with E-state index in [1.807, 2.05) is 42.7 Å². The normalized spacial score (nSPS) is 21.0. The Kier molecular flexibility index (Phi) is 5.54. The van der Waals surface area contributed by atoms with Crippen LogP contribution in [0.5, 0.6) is 0 Å². The zero-order valence-electron chi connectivity index (χ0n) is 16.5. The molecule has 2 aromatic rings. The number of carbonyl (C=O) groups is 2. The first-order valence-corrected chi connectivity index (χ1v) is 9.28. The molecule has 3 rings (SSSR count). The lowest BCUT2D eigenvalue weighted by molar-refractivity contribution is -0.176. The smallest absolute Gasteiger partial charge is 0.345 e. The molecule has 7 nitrogen and oxygen atoms in total. The van der Waals surface area contributed by atoms with Crippen LogP contribution in [0.1, 0.15) is 39.7 Å². The molecule has 148 valence electrons. The number of hydrogen-bond donors (Lipinski definition) is 0. The maximum Gasteiger partial charge on any atom is 0.345 e.